The van der Waals surface area contributed by atoms with Crippen LogP contribution in [0.1, 0.15) is 52.4 Å². The number of hydrogen-bond acceptors (Lipinski definition) is 3. The number of nitrogens with one attached hydrogen (secondary N) is 1. The molecule has 1 amide bonds. The minimum atomic E-state index is -0.939. The molecular formula is C14H26N2O3. The molecule has 110 valence electrons. The van der Waals surface area contributed by atoms with E-state index in [-0.39, 0.29) is 5.91 Å². The molecule has 1 aliphatic carbocycles. The number of hydrogen-bond donors (Lipinski definition) is 2. The second-order valence-electron chi connectivity index (χ2n) is 5.94. The topological polar surface area (TPSA) is 69.6 Å². The van der Waals surface area contributed by atoms with Crippen molar-refractivity contribution >= 4 is 11.9 Å². The molecule has 0 aromatic carbocycles. The Bertz CT molecular complexity index is 323. The van der Waals surface area contributed by atoms with Crippen LogP contribution < -0.4 is 5.32 Å². The Kier molecular flexibility index (Phi) is 5.79. The number of amides is 1. The van der Waals surface area contributed by atoms with Gasteiger partial charge in [0.2, 0.25) is 5.91 Å². The molecule has 1 saturated carbocycles. The van der Waals surface area contributed by atoms with Crippen molar-refractivity contribution in [2.75, 3.05) is 13.6 Å². The minimum absolute atomic E-state index is 0.0277. The van der Waals surface area contributed by atoms with Crippen LogP contribution in [0.5, 0.6) is 0 Å². The van der Waals surface area contributed by atoms with Gasteiger partial charge >= 0.3 is 5.97 Å². The molecule has 5 heteroatoms. The lowest BCUT2D eigenvalue weighted by Gasteiger charge is -2.31. The van der Waals surface area contributed by atoms with Gasteiger partial charge in [0.1, 0.15) is 5.54 Å². The molecule has 0 bridgehead atoms. The van der Waals surface area contributed by atoms with Gasteiger partial charge in [-0.3, -0.25) is 14.5 Å². The molecule has 1 rings (SSSR count). The summed E-state index contributed by atoms with van der Waals surface area (Å²) in [6, 6.07) is 0.319. The van der Waals surface area contributed by atoms with Crippen LogP contribution in [-0.2, 0) is 9.59 Å². The van der Waals surface area contributed by atoms with Gasteiger partial charge in [-0.2, -0.15) is 0 Å². The molecule has 0 unspecified atom stereocenters. The summed E-state index contributed by atoms with van der Waals surface area (Å²) in [6.07, 6.45) is 6.14. The van der Waals surface area contributed by atoms with E-state index < -0.39 is 11.5 Å². The first kappa shape index (κ1) is 16.0. The number of rotatable bonds is 6. The standard InChI is InChI=1S/C14H26N2O3/c1-14(2,13(18)19)16(3)10-9-12(17)15-11-7-5-4-6-8-11/h11H,4-10H2,1-3H3,(H,15,17)(H,18,19). The highest BCUT2D eigenvalue weighted by atomic mass is 16.4. The molecule has 2 N–H and O–H groups in total. The van der Waals surface area contributed by atoms with Gasteiger partial charge in [0.05, 0.1) is 0 Å². The van der Waals surface area contributed by atoms with Crippen LogP contribution in [0.4, 0.5) is 0 Å². The van der Waals surface area contributed by atoms with Crippen LogP contribution in [0, 0.1) is 0 Å². The summed E-state index contributed by atoms with van der Waals surface area (Å²) in [5.41, 5.74) is -0.939. The van der Waals surface area contributed by atoms with E-state index in [4.69, 9.17) is 5.11 Å². The maximum absolute atomic E-state index is 11.8. The quantitative estimate of drug-likeness (QED) is 0.769. The number of carboxylic acid groups (broad SMARTS) is 1. The number of aliphatic carboxylic acids is 1. The molecule has 19 heavy (non-hydrogen) atoms. The fourth-order valence-electron chi connectivity index (χ4n) is 2.26. The van der Waals surface area contributed by atoms with Gasteiger partial charge < -0.3 is 10.4 Å². The van der Waals surface area contributed by atoms with Gasteiger partial charge in [-0.25, -0.2) is 0 Å². The summed E-state index contributed by atoms with van der Waals surface area (Å²) >= 11 is 0. The number of likely N-dealkylation sites (N-methyl/N-ethyl adjacent to an activating group) is 1. The fourth-order valence-corrected chi connectivity index (χ4v) is 2.26. The molecule has 0 aromatic rings. The lowest BCUT2D eigenvalue weighted by Crippen LogP contribution is -2.49. The monoisotopic (exact) mass is 270 g/mol. The summed E-state index contributed by atoms with van der Waals surface area (Å²) < 4.78 is 0. The van der Waals surface area contributed by atoms with E-state index >= 15 is 0 Å². The molecule has 1 fully saturated rings. The third kappa shape index (κ3) is 4.82. The summed E-state index contributed by atoms with van der Waals surface area (Å²) in [4.78, 5) is 24.6. The minimum Gasteiger partial charge on any atom is -0.480 e. The highest BCUT2D eigenvalue weighted by molar-refractivity contribution is 5.78. The van der Waals surface area contributed by atoms with Gasteiger partial charge in [-0.15, -0.1) is 0 Å². The second-order valence-corrected chi connectivity index (χ2v) is 5.94. The van der Waals surface area contributed by atoms with Gasteiger partial charge in [-0.1, -0.05) is 19.3 Å². The SMILES string of the molecule is CN(CCC(=O)NC1CCCCC1)C(C)(C)C(=O)O. The average Bonchev–Trinajstić information content (AvgIpc) is 2.36. The summed E-state index contributed by atoms with van der Waals surface area (Å²) in [5.74, 6) is -0.845. The van der Waals surface area contributed by atoms with E-state index in [1.54, 1.807) is 25.8 Å². The van der Waals surface area contributed by atoms with Crippen LogP contribution in [0.25, 0.3) is 0 Å². The molecule has 0 heterocycles. The number of nitrogens with zero attached hydrogens (tertiary/aromatic N) is 1. The maximum Gasteiger partial charge on any atom is 0.323 e. The highest BCUT2D eigenvalue weighted by Gasteiger charge is 2.31. The fraction of sp³-hybridized carbons (Fsp3) is 0.857. The summed E-state index contributed by atoms with van der Waals surface area (Å²) in [7, 11) is 1.74. The van der Waals surface area contributed by atoms with Crippen molar-refractivity contribution < 1.29 is 14.7 Å². The van der Waals surface area contributed by atoms with Crippen molar-refractivity contribution in [2.24, 2.45) is 0 Å². The number of carboxylic acids is 1. The maximum atomic E-state index is 11.8. The normalized spacial score (nSPS) is 17.5. The van der Waals surface area contributed by atoms with Crippen molar-refractivity contribution in [3.63, 3.8) is 0 Å². The molecule has 0 aliphatic heterocycles. The summed E-state index contributed by atoms with van der Waals surface area (Å²) in [6.45, 7) is 3.75. The average molecular weight is 270 g/mol. The van der Waals surface area contributed by atoms with E-state index in [9.17, 15) is 9.59 Å². The third-order valence-electron chi connectivity index (χ3n) is 4.12. The van der Waals surface area contributed by atoms with Crippen molar-refractivity contribution in [3.05, 3.63) is 0 Å². The zero-order valence-corrected chi connectivity index (χ0v) is 12.2. The Labute approximate surface area is 115 Å². The molecule has 5 nitrogen and oxygen atoms in total. The van der Waals surface area contributed by atoms with Gasteiger partial charge in [0.25, 0.3) is 0 Å². The predicted octanol–water partition coefficient (Wildman–Crippen LogP) is 1.62. The second kappa shape index (κ2) is 6.89. The van der Waals surface area contributed by atoms with Crippen molar-refractivity contribution in [3.8, 4) is 0 Å². The van der Waals surface area contributed by atoms with Crippen LogP contribution >= 0.6 is 0 Å². The van der Waals surface area contributed by atoms with Crippen molar-refractivity contribution in [2.45, 2.75) is 64.0 Å². The van der Waals surface area contributed by atoms with E-state index in [2.05, 4.69) is 5.32 Å². The Morgan fingerprint density at radius 3 is 2.37 bits per heavy atom. The van der Waals surface area contributed by atoms with Crippen molar-refractivity contribution in [1.29, 1.82) is 0 Å². The van der Waals surface area contributed by atoms with Gasteiger partial charge in [0.15, 0.2) is 0 Å². The molecule has 0 aromatic heterocycles. The zero-order valence-electron chi connectivity index (χ0n) is 12.2. The van der Waals surface area contributed by atoms with E-state index in [0.717, 1.165) is 12.8 Å². The van der Waals surface area contributed by atoms with Crippen LogP contribution in [0.2, 0.25) is 0 Å². The molecule has 1 aliphatic rings. The zero-order chi connectivity index (χ0) is 14.5. The molecular weight excluding hydrogens is 244 g/mol. The Balaban J connectivity index is 2.31. The third-order valence-corrected chi connectivity index (χ3v) is 4.12. The lowest BCUT2D eigenvalue weighted by atomic mass is 9.95. The lowest BCUT2D eigenvalue weighted by molar-refractivity contribution is -0.149. The Hall–Kier alpha value is -1.10. The van der Waals surface area contributed by atoms with Crippen molar-refractivity contribution in [1.82, 2.24) is 10.2 Å². The smallest absolute Gasteiger partial charge is 0.323 e. The highest BCUT2D eigenvalue weighted by Crippen LogP contribution is 2.17. The first-order chi connectivity index (χ1) is 8.84. The predicted molar refractivity (Wildman–Crippen MR) is 74.0 cm³/mol. The van der Waals surface area contributed by atoms with Gasteiger partial charge in [-0.05, 0) is 33.7 Å². The Morgan fingerprint density at radius 1 is 1.26 bits per heavy atom. The summed E-state index contributed by atoms with van der Waals surface area (Å²) in [5, 5.41) is 12.1. The van der Waals surface area contributed by atoms with E-state index in [1.807, 2.05) is 0 Å². The number of carbonyl (C=O) groups excluding carboxylic acids is 1. The van der Waals surface area contributed by atoms with Gasteiger partial charge in [0, 0.05) is 19.0 Å². The Morgan fingerprint density at radius 2 is 1.84 bits per heavy atom. The van der Waals surface area contributed by atoms with Crippen LogP contribution in [0.15, 0.2) is 0 Å². The van der Waals surface area contributed by atoms with E-state index in [1.165, 1.54) is 19.3 Å². The molecule has 0 radical (unpaired) electrons. The molecule has 0 saturated heterocycles. The molecule has 0 spiro atoms. The first-order valence-corrected chi connectivity index (χ1v) is 7.08. The largest absolute Gasteiger partial charge is 0.480 e. The van der Waals surface area contributed by atoms with Crippen LogP contribution in [0.3, 0.4) is 0 Å². The first-order valence-electron chi connectivity index (χ1n) is 7.08. The number of carbonyl (C=O) groups is 2. The van der Waals surface area contributed by atoms with Crippen LogP contribution in [-0.4, -0.2) is 47.1 Å². The van der Waals surface area contributed by atoms with E-state index in [0.29, 0.717) is 19.0 Å². The molecule has 0 atom stereocenters.